The van der Waals surface area contributed by atoms with E-state index >= 15 is 0 Å². The SMILES string of the molecule is COC(OC)(c1ccccc1)c1ccc(CO)cc1. The van der Waals surface area contributed by atoms with E-state index in [4.69, 9.17) is 14.6 Å². The Balaban J connectivity index is 2.49. The van der Waals surface area contributed by atoms with Gasteiger partial charge in [-0.1, -0.05) is 54.6 Å². The van der Waals surface area contributed by atoms with Crippen LogP contribution in [-0.2, 0) is 21.9 Å². The molecule has 0 saturated heterocycles. The Kier molecular flexibility index (Phi) is 4.32. The lowest BCUT2D eigenvalue weighted by atomic mass is 9.96. The van der Waals surface area contributed by atoms with Gasteiger partial charge in [0, 0.05) is 25.3 Å². The molecular weight excluding hydrogens is 240 g/mol. The molecule has 0 radical (unpaired) electrons. The largest absolute Gasteiger partial charge is 0.392 e. The van der Waals surface area contributed by atoms with Crippen LogP contribution in [0.15, 0.2) is 54.6 Å². The highest BCUT2D eigenvalue weighted by molar-refractivity contribution is 5.35. The van der Waals surface area contributed by atoms with Gasteiger partial charge in [0.05, 0.1) is 6.61 Å². The van der Waals surface area contributed by atoms with Crippen LogP contribution in [-0.4, -0.2) is 19.3 Å². The van der Waals surface area contributed by atoms with Crippen molar-refractivity contribution in [1.82, 2.24) is 0 Å². The summed E-state index contributed by atoms with van der Waals surface area (Å²) in [4.78, 5) is 0. The highest BCUT2D eigenvalue weighted by atomic mass is 16.7. The number of benzene rings is 2. The molecule has 1 N–H and O–H groups in total. The van der Waals surface area contributed by atoms with E-state index in [1.54, 1.807) is 14.2 Å². The Morgan fingerprint density at radius 2 is 1.37 bits per heavy atom. The van der Waals surface area contributed by atoms with Gasteiger partial charge in [0.1, 0.15) is 0 Å². The summed E-state index contributed by atoms with van der Waals surface area (Å²) in [5, 5.41) is 9.10. The molecule has 0 amide bonds. The summed E-state index contributed by atoms with van der Waals surface area (Å²) in [7, 11) is 3.24. The maximum atomic E-state index is 9.10. The minimum absolute atomic E-state index is 0.0264. The van der Waals surface area contributed by atoms with Gasteiger partial charge in [-0.2, -0.15) is 0 Å². The molecule has 0 unspecified atom stereocenters. The molecule has 0 fully saturated rings. The monoisotopic (exact) mass is 258 g/mol. The first kappa shape index (κ1) is 13.7. The van der Waals surface area contributed by atoms with Crippen LogP contribution < -0.4 is 0 Å². The molecule has 0 aliphatic carbocycles. The van der Waals surface area contributed by atoms with Crippen LogP contribution in [0.1, 0.15) is 16.7 Å². The fourth-order valence-electron chi connectivity index (χ4n) is 2.21. The standard InChI is InChI=1S/C16H18O3/c1-18-16(19-2,14-6-4-3-5-7-14)15-10-8-13(12-17)9-11-15/h3-11,17H,12H2,1-2H3. The lowest BCUT2D eigenvalue weighted by Crippen LogP contribution is -2.32. The molecule has 0 bridgehead atoms. The van der Waals surface area contributed by atoms with E-state index in [9.17, 15) is 0 Å². The minimum Gasteiger partial charge on any atom is -0.392 e. The number of hydrogen-bond donors (Lipinski definition) is 1. The summed E-state index contributed by atoms with van der Waals surface area (Å²) >= 11 is 0. The van der Waals surface area contributed by atoms with Crippen LogP contribution in [0.4, 0.5) is 0 Å². The molecule has 0 saturated carbocycles. The number of aliphatic hydroxyl groups excluding tert-OH is 1. The van der Waals surface area contributed by atoms with Crippen LogP contribution in [0.2, 0.25) is 0 Å². The topological polar surface area (TPSA) is 38.7 Å². The molecule has 3 heteroatoms. The average molecular weight is 258 g/mol. The van der Waals surface area contributed by atoms with E-state index in [-0.39, 0.29) is 6.61 Å². The van der Waals surface area contributed by atoms with Crippen molar-refractivity contribution in [2.24, 2.45) is 0 Å². The molecule has 2 aromatic carbocycles. The predicted molar refractivity (Wildman–Crippen MR) is 73.6 cm³/mol. The van der Waals surface area contributed by atoms with E-state index < -0.39 is 5.79 Å². The van der Waals surface area contributed by atoms with E-state index in [2.05, 4.69) is 0 Å². The first-order valence-electron chi connectivity index (χ1n) is 6.13. The molecule has 2 rings (SSSR count). The summed E-state index contributed by atoms with van der Waals surface area (Å²) in [6, 6.07) is 17.3. The van der Waals surface area contributed by atoms with Gasteiger partial charge in [0.2, 0.25) is 5.79 Å². The molecule has 0 spiro atoms. The van der Waals surface area contributed by atoms with Crippen molar-refractivity contribution in [3.8, 4) is 0 Å². The Morgan fingerprint density at radius 1 is 0.842 bits per heavy atom. The molecule has 0 aromatic heterocycles. The summed E-state index contributed by atoms with van der Waals surface area (Å²) in [6.45, 7) is 0.0264. The van der Waals surface area contributed by atoms with Crippen molar-refractivity contribution < 1.29 is 14.6 Å². The summed E-state index contributed by atoms with van der Waals surface area (Å²) in [5.41, 5.74) is 2.68. The van der Waals surface area contributed by atoms with Crippen LogP contribution in [0.25, 0.3) is 0 Å². The van der Waals surface area contributed by atoms with E-state index in [1.165, 1.54) is 0 Å². The zero-order valence-electron chi connectivity index (χ0n) is 11.2. The van der Waals surface area contributed by atoms with E-state index in [0.29, 0.717) is 0 Å². The quantitative estimate of drug-likeness (QED) is 0.838. The van der Waals surface area contributed by atoms with Gasteiger partial charge in [-0.15, -0.1) is 0 Å². The third-order valence-electron chi connectivity index (χ3n) is 3.25. The zero-order valence-corrected chi connectivity index (χ0v) is 11.2. The molecule has 19 heavy (non-hydrogen) atoms. The third-order valence-corrected chi connectivity index (χ3v) is 3.25. The Morgan fingerprint density at radius 3 is 1.84 bits per heavy atom. The molecular formula is C16H18O3. The van der Waals surface area contributed by atoms with Gasteiger partial charge in [0.25, 0.3) is 0 Å². The Bertz CT molecular complexity index is 501. The van der Waals surface area contributed by atoms with Gasteiger partial charge in [-0.05, 0) is 5.56 Å². The molecule has 100 valence electrons. The number of methoxy groups -OCH3 is 2. The van der Waals surface area contributed by atoms with Crippen LogP contribution in [0.5, 0.6) is 0 Å². The van der Waals surface area contributed by atoms with E-state index in [0.717, 1.165) is 16.7 Å². The Labute approximate surface area is 113 Å². The number of ether oxygens (including phenoxy) is 2. The van der Waals surface area contributed by atoms with Crippen molar-refractivity contribution in [2.75, 3.05) is 14.2 Å². The van der Waals surface area contributed by atoms with Crippen LogP contribution in [0.3, 0.4) is 0 Å². The van der Waals surface area contributed by atoms with Gasteiger partial charge >= 0.3 is 0 Å². The Hall–Kier alpha value is -1.68. The van der Waals surface area contributed by atoms with Crippen molar-refractivity contribution >= 4 is 0 Å². The molecule has 2 aromatic rings. The van der Waals surface area contributed by atoms with Crippen LogP contribution >= 0.6 is 0 Å². The second-order valence-corrected chi connectivity index (χ2v) is 4.25. The number of rotatable bonds is 5. The van der Waals surface area contributed by atoms with Gasteiger partial charge in [0.15, 0.2) is 0 Å². The van der Waals surface area contributed by atoms with Gasteiger partial charge in [-0.3, -0.25) is 0 Å². The lowest BCUT2D eigenvalue weighted by Gasteiger charge is -2.31. The fraction of sp³-hybridized carbons (Fsp3) is 0.250. The van der Waals surface area contributed by atoms with Crippen LogP contribution in [0, 0.1) is 0 Å². The second-order valence-electron chi connectivity index (χ2n) is 4.25. The van der Waals surface area contributed by atoms with Crippen molar-refractivity contribution in [3.05, 3.63) is 71.3 Å². The molecule has 0 aliphatic rings. The zero-order chi connectivity index (χ0) is 13.7. The second kappa shape index (κ2) is 5.97. The maximum absolute atomic E-state index is 9.10. The maximum Gasteiger partial charge on any atom is 0.221 e. The highest BCUT2D eigenvalue weighted by Crippen LogP contribution is 2.33. The molecule has 0 heterocycles. The third kappa shape index (κ3) is 2.54. The lowest BCUT2D eigenvalue weighted by molar-refractivity contribution is -0.183. The molecule has 3 nitrogen and oxygen atoms in total. The first-order valence-corrected chi connectivity index (χ1v) is 6.13. The summed E-state index contributed by atoms with van der Waals surface area (Å²) < 4.78 is 11.3. The average Bonchev–Trinajstić information content (AvgIpc) is 2.51. The van der Waals surface area contributed by atoms with Crippen molar-refractivity contribution in [1.29, 1.82) is 0 Å². The fourth-order valence-corrected chi connectivity index (χ4v) is 2.21. The highest BCUT2D eigenvalue weighted by Gasteiger charge is 2.34. The van der Waals surface area contributed by atoms with Crippen molar-refractivity contribution in [2.45, 2.75) is 12.4 Å². The molecule has 0 atom stereocenters. The number of aliphatic hydroxyl groups is 1. The smallest absolute Gasteiger partial charge is 0.221 e. The minimum atomic E-state index is -0.921. The van der Waals surface area contributed by atoms with E-state index in [1.807, 2.05) is 54.6 Å². The predicted octanol–water partition coefficient (Wildman–Crippen LogP) is 2.67. The molecule has 0 aliphatic heterocycles. The first-order chi connectivity index (χ1) is 9.26. The van der Waals surface area contributed by atoms with Gasteiger partial charge in [-0.25, -0.2) is 0 Å². The van der Waals surface area contributed by atoms with Crippen molar-refractivity contribution in [3.63, 3.8) is 0 Å². The van der Waals surface area contributed by atoms with Gasteiger partial charge < -0.3 is 14.6 Å². The normalized spacial score (nSPS) is 11.5. The summed E-state index contributed by atoms with van der Waals surface area (Å²) in [5.74, 6) is -0.921. The summed E-state index contributed by atoms with van der Waals surface area (Å²) in [6.07, 6.45) is 0. The number of hydrogen-bond acceptors (Lipinski definition) is 3.